The highest BCUT2D eigenvalue weighted by molar-refractivity contribution is 6.14. The van der Waals surface area contributed by atoms with Crippen LogP contribution in [0.5, 0.6) is 11.5 Å². The molecule has 4 rings (SSSR count). The molecule has 0 fully saturated rings. The van der Waals surface area contributed by atoms with Crippen molar-refractivity contribution in [1.82, 2.24) is 0 Å². The number of hydrogen-bond acceptors (Lipinski definition) is 3. The zero-order chi connectivity index (χ0) is 19.5. The van der Waals surface area contributed by atoms with Crippen molar-refractivity contribution in [3.05, 3.63) is 101 Å². The van der Waals surface area contributed by atoms with E-state index < -0.39 is 12.7 Å². The Balaban J connectivity index is 1.85. The molecule has 0 aromatic heterocycles. The Morgan fingerprint density at radius 3 is 2.36 bits per heavy atom. The smallest absolute Gasteiger partial charge is 0.387 e. The molecule has 1 aliphatic rings. The number of fused-ring (bicyclic) bond motifs is 1. The lowest BCUT2D eigenvalue weighted by Gasteiger charge is -2.28. The van der Waals surface area contributed by atoms with E-state index >= 15 is 0 Å². The fourth-order valence-corrected chi connectivity index (χ4v) is 3.21. The molecule has 0 bridgehead atoms. The van der Waals surface area contributed by atoms with E-state index in [1.165, 1.54) is 6.07 Å². The second-order valence-electron chi connectivity index (χ2n) is 6.25. The number of alkyl halides is 2. The maximum absolute atomic E-state index is 13.2. The molecular formula is C23H16F2O3. The van der Waals surface area contributed by atoms with E-state index in [0.717, 1.165) is 5.56 Å². The van der Waals surface area contributed by atoms with Crippen LogP contribution in [-0.4, -0.2) is 12.4 Å². The van der Waals surface area contributed by atoms with Gasteiger partial charge in [0.15, 0.2) is 11.9 Å². The van der Waals surface area contributed by atoms with Crippen LogP contribution in [0.15, 0.2) is 84.4 Å². The zero-order valence-corrected chi connectivity index (χ0v) is 14.7. The summed E-state index contributed by atoms with van der Waals surface area (Å²) in [6, 6.07) is 22.7. The van der Waals surface area contributed by atoms with Crippen LogP contribution in [0.2, 0.25) is 0 Å². The minimum atomic E-state index is -2.96. The van der Waals surface area contributed by atoms with Gasteiger partial charge in [0.05, 0.1) is 5.56 Å². The van der Waals surface area contributed by atoms with E-state index in [1.54, 1.807) is 48.5 Å². The number of Topliss-reactive ketones (excluding diaryl/α,β-unsaturated/α-hetero) is 1. The number of carbonyl (C=O) groups is 1. The van der Waals surface area contributed by atoms with Crippen LogP contribution >= 0.6 is 0 Å². The number of rotatable bonds is 4. The molecule has 1 heterocycles. The van der Waals surface area contributed by atoms with Crippen LogP contribution in [0.3, 0.4) is 0 Å². The summed E-state index contributed by atoms with van der Waals surface area (Å²) in [5.41, 5.74) is 1.97. The number of hydrogen-bond donors (Lipinski definition) is 0. The van der Waals surface area contributed by atoms with Gasteiger partial charge in [-0.15, -0.1) is 0 Å². The van der Waals surface area contributed by atoms with Gasteiger partial charge in [0.2, 0.25) is 0 Å². The second-order valence-corrected chi connectivity index (χ2v) is 6.25. The summed E-state index contributed by atoms with van der Waals surface area (Å²) >= 11 is 0. The molecule has 0 spiro atoms. The number of benzene rings is 3. The van der Waals surface area contributed by atoms with E-state index in [9.17, 15) is 13.6 Å². The largest absolute Gasteiger partial charge is 0.480 e. The van der Waals surface area contributed by atoms with Gasteiger partial charge in [-0.1, -0.05) is 60.7 Å². The highest BCUT2D eigenvalue weighted by Crippen LogP contribution is 2.39. The normalized spacial score (nSPS) is 17.3. The molecule has 5 heteroatoms. The number of ether oxygens (including phenoxy) is 2. The van der Waals surface area contributed by atoms with Crippen molar-refractivity contribution in [3.63, 3.8) is 0 Å². The van der Waals surface area contributed by atoms with Crippen LogP contribution in [0, 0.1) is 0 Å². The van der Waals surface area contributed by atoms with Gasteiger partial charge in [-0.3, -0.25) is 4.79 Å². The standard InChI is InChI=1S/C23H16F2O3/c24-23(25)28-19-12-6-4-10-16(19)14-18-21(26)17-11-5-7-13-20(17)27-22(18)15-8-2-1-3-9-15/h1-14,22-23H/b18-14-/t22-/m0/s1. The lowest BCUT2D eigenvalue weighted by molar-refractivity contribution is -0.0499. The summed E-state index contributed by atoms with van der Waals surface area (Å²) < 4.78 is 36.2. The summed E-state index contributed by atoms with van der Waals surface area (Å²) in [5, 5.41) is 0. The second kappa shape index (κ2) is 7.64. The fourth-order valence-electron chi connectivity index (χ4n) is 3.21. The quantitative estimate of drug-likeness (QED) is 0.547. The molecule has 0 amide bonds. The molecular weight excluding hydrogens is 362 g/mol. The number of carbonyl (C=O) groups excluding carboxylic acids is 1. The van der Waals surface area contributed by atoms with E-state index in [-0.39, 0.29) is 11.5 Å². The highest BCUT2D eigenvalue weighted by atomic mass is 19.3. The first-order valence-corrected chi connectivity index (χ1v) is 8.74. The first-order valence-electron chi connectivity index (χ1n) is 8.74. The Hall–Kier alpha value is -3.47. The Labute approximate surface area is 160 Å². The molecule has 3 aromatic rings. The lowest BCUT2D eigenvalue weighted by atomic mass is 9.89. The molecule has 1 atom stereocenters. The van der Waals surface area contributed by atoms with Crippen LogP contribution in [0.1, 0.15) is 27.6 Å². The molecule has 3 nitrogen and oxygen atoms in total. The summed E-state index contributed by atoms with van der Waals surface area (Å²) in [5.74, 6) is 0.293. The van der Waals surface area contributed by atoms with Gasteiger partial charge in [0, 0.05) is 11.1 Å². The molecule has 1 aliphatic heterocycles. The van der Waals surface area contributed by atoms with Gasteiger partial charge in [-0.25, -0.2) is 0 Å². The molecule has 3 aromatic carbocycles. The van der Waals surface area contributed by atoms with Crippen LogP contribution < -0.4 is 9.47 Å². The summed E-state index contributed by atoms with van der Waals surface area (Å²) in [4.78, 5) is 13.2. The predicted octanol–water partition coefficient (Wildman–Crippen LogP) is 5.69. The van der Waals surface area contributed by atoms with E-state index in [0.29, 0.717) is 22.4 Å². The Morgan fingerprint density at radius 2 is 1.57 bits per heavy atom. The average molecular weight is 378 g/mol. The van der Waals surface area contributed by atoms with Crippen LogP contribution in [0.25, 0.3) is 6.08 Å². The molecule has 0 N–H and O–H groups in total. The average Bonchev–Trinajstić information content (AvgIpc) is 2.71. The minimum Gasteiger partial charge on any atom is -0.480 e. The van der Waals surface area contributed by atoms with Gasteiger partial charge in [0.1, 0.15) is 11.5 Å². The minimum absolute atomic E-state index is 0.00321. The molecule has 0 aliphatic carbocycles. The Morgan fingerprint density at radius 1 is 0.893 bits per heavy atom. The van der Waals surface area contributed by atoms with Gasteiger partial charge >= 0.3 is 6.61 Å². The third-order valence-corrected chi connectivity index (χ3v) is 4.47. The fraction of sp³-hybridized carbons (Fsp3) is 0.0870. The number of halogens is 2. The maximum atomic E-state index is 13.2. The molecule has 0 radical (unpaired) electrons. The number of ketones is 1. The van der Waals surface area contributed by atoms with Crippen molar-refractivity contribution in [2.24, 2.45) is 0 Å². The topological polar surface area (TPSA) is 35.5 Å². The number of para-hydroxylation sites is 2. The van der Waals surface area contributed by atoms with Gasteiger partial charge in [0.25, 0.3) is 0 Å². The lowest BCUT2D eigenvalue weighted by Crippen LogP contribution is -2.23. The molecule has 140 valence electrons. The summed E-state index contributed by atoms with van der Waals surface area (Å²) in [6.45, 7) is -2.96. The first-order chi connectivity index (χ1) is 13.6. The zero-order valence-electron chi connectivity index (χ0n) is 14.7. The van der Waals surface area contributed by atoms with E-state index in [4.69, 9.17) is 4.74 Å². The van der Waals surface area contributed by atoms with Crippen LogP contribution in [0.4, 0.5) is 8.78 Å². The van der Waals surface area contributed by atoms with Crippen molar-refractivity contribution in [3.8, 4) is 11.5 Å². The van der Waals surface area contributed by atoms with Crippen molar-refractivity contribution in [2.75, 3.05) is 0 Å². The molecule has 0 saturated carbocycles. The maximum Gasteiger partial charge on any atom is 0.387 e. The third kappa shape index (κ3) is 3.51. The predicted molar refractivity (Wildman–Crippen MR) is 102 cm³/mol. The van der Waals surface area contributed by atoms with Gasteiger partial charge < -0.3 is 9.47 Å². The first kappa shape index (κ1) is 17.9. The van der Waals surface area contributed by atoms with Crippen molar-refractivity contribution >= 4 is 11.9 Å². The van der Waals surface area contributed by atoms with E-state index in [2.05, 4.69) is 4.74 Å². The third-order valence-electron chi connectivity index (χ3n) is 4.47. The van der Waals surface area contributed by atoms with Gasteiger partial charge in [-0.05, 0) is 29.8 Å². The van der Waals surface area contributed by atoms with Crippen molar-refractivity contribution in [2.45, 2.75) is 12.7 Å². The SMILES string of the molecule is O=C1/C(=C/c2ccccc2OC(F)F)[C@H](c2ccccc2)Oc2ccccc21. The molecule has 28 heavy (non-hydrogen) atoms. The Kier molecular flexibility index (Phi) is 4.89. The van der Waals surface area contributed by atoms with E-state index in [1.807, 2.05) is 30.3 Å². The monoisotopic (exact) mass is 378 g/mol. The van der Waals surface area contributed by atoms with Crippen molar-refractivity contribution in [1.29, 1.82) is 0 Å². The van der Waals surface area contributed by atoms with Crippen LogP contribution in [-0.2, 0) is 0 Å². The van der Waals surface area contributed by atoms with Gasteiger partial charge in [-0.2, -0.15) is 8.78 Å². The Bertz CT molecular complexity index is 1030. The highest BCUT2D eigenvalue weighted by Gasteiger charge is 2.33. The molecule has 0 unspecified atom stereocenters. The summed E-state index contributed by atoms with van der Waals surface area (Å²) in [6.07, 6.45) is 0.913. The molecule has 0 saturated heterocycles. The van der Waals surface area contributed by atoms with Crippen molar-refractivity contribution < 1.29 is 23.0 Å². The summed E-state index contributed by atoms with van der Waals surface area (Å²) in [7, 11) is 0.